The van der Waals surface area contributed by atoms with Crippen LogP contribution in [-0.2, 0) is 9.47 Å². The first-order chi connectivity index (χ1) is 10.6. The molecular weight excluding hydrogens is 290 g/mol. The number of carbonyl (C=O) groups excluding carboxylic acids is 2. The van der Waals surface area contributed by atoms with Crippen molar-refractivity contribution in [2.75, 3.05) is 13.7 Å². The molecule has 2 aliphatic rings. The summed E-state index contributed by atoms with van der Waals surface area (Å²) in [5, 5.41) is 19.5. The van der Waals surface area contributed by atoms with Crippen LogP contribution >= 0.6 is 0 Å². The fourth-order valence-electron chi connectivity index (χ4n) is 3.00. The van der Waals surface area contributed by atoms with Gasteiger partial charge in [-0.15, -0.1) is 0 Å². The smallest absolute Gasteiger partial charge is 0.262 e. The zero-order valence-electron chi connectivity index (χ0n) is 12.0. The number of hydrogen-bond donors (Lipinski definition) is 2. The molecule has 0 radical (unpaired) electrons. The summed E-state index contributed by atoms with van der Waals surface area (Å²) in [5.74, 6) is -0.949. The molecule has 4 unspecified atom stereocenters. The third-order valence-corrected chi connectivity index (χ3v) is 4.06. The number of aliphatic hydroxyl groups is 2. The van der Waals surface area contributed by atoms with Crippen molar-refractivity contribution in [3.8, 4) is 0 Å². The number of fused-ring (bicyclic) bond motifs is 1. The van der Waals surface area contributed by atoms with Crippen LogP contribution in [0.1, 0.15) is 27.1 Å². The highest BCUT2D eigenvalue weighted by molar-refractivity contribution is 6.21. The normalized spacial score (nSPS) is 31.5. The van der Waals surface area contributed by atoms with Crippen LogP contribution in [0.15, 0.2) is 24.3 Å². The van der Waals surface area contributed by atoms with Gasteiger partial charge in [0.2, 0.25) is 0 Å². The molecule has 0 aromatic heterocycles. The Hall–Kier alpha value is -1.80. The van der Waals surface area contributed by atoms with Gasteiger partial charge in [0.05, 0.1) is 29.9 Å². The molecule has 3 rings (SSSR count). The predicted molar refractivity (Wildman–Crippen MR) is 74.1 cm³/mol. The average Bonchev–Trinajstić information content (AvgIpc) is 2.79. The van der Waals surface area contributed by atoms with E-state index < -0.39 is 36.4 Å². The molecule has 1 fully saturated rings. The molecule has 7 heteroatoms. The molecule has 0 saturated carbocycles. The molecule has 1 saturated heterocycles. The van der Waals surface area contributed by atoms with E-state index in [1.807, 2.05) is 0 Å². The first-order valence-electron chi connectivity index (χ1n) is 7.02. The average molecular weight is 307 g/mol. The van der Waals surface area contributed by atoms with Gasteiger partial charge in [-0.25, -0.2) is 0 Å². The number of ether oxygens (including phenoxy) is 2. The summed E-state index contributed by atoms with van der Waals surface area (Å²) in [7, 11) is 1.36. The second kappa shape index (κ2) is 5.77. The van der Waals surface area contributed by atoms with E-state index in [4.69, 9.17) is 9.47 Å². The third kappa shape index (κ3) is 2.22. The van der Waals surface area contributed by atoms with Crippen molar-refractivity contribution < 1.29 is 29.3 Å². The lowest BCUT2D eigenvalue weighted by Crippen LogP contribution is -2.59. The molecule has 7 nitrogen and oxygen atoms in total. The monoisotopic (exact) mass is 307 g/mol. The number of rotatable bonds is 3. The number of hydrogen-bond acceptors (Lipinski definition) is 6. The van der Waals surface area contributed by atoms with Crippen molar-refractivity contribution >= 4 is 11.8 Å². The molecular formula is C15H17NO6. The lowest BCUT2D eigenvalue weighted by Gasteiger charge is -2.41. The minimum atomic E-state index is -1.03. The second-order valence-corrected chi connectivity index (χ2v) is 5.36. The van der Waals surface area contributed by atoms with E-state index in [0.717, 1.165) is 4.90 Å². The fourth-order valence-corrected chi connectivity index (χ4v) is 3.00. The van der Waals surface area contributed by atoms with Crippen molar-refractivity contribution in [2.24, 2.45) is 0 Å². The zero-order valence-corrected chi connectivity index (χ0v) is 12.0. The summed E-state index contributed by atoms with van der Waals surface area (Å²) in [5.41, 5.74) is 0.609. The summed E-state index contributed by atoms with van der Waals surface area (Å²) < 4.78 is 10.7. The number of methoxy groups -OCH3 is 1. The molecule has 22 heavy (non-hydrogen) atoms. The number of carbonyl (C=O) groups is 2. The topological polar surface area (TPSA) is 96.3 Å². The quantitative estimate of drug-likeness (QED) is 0.749. The molecule has 1 aromatic carbocycles. The van der Waals surface area contributed by atoms with Crippen molar-refractivity contribution in [3.63, 3.8) is 0 Å². The summed E-state index contributed by atoms with van der Waals surface area (Å²) in [6.45, 7) is -0.272. The van der Waals surface area contributed by atoms with Gasteiger partial charge >= 0.3 is 0 Å². The van der Waals surface area contributed by atoms with Crippen LogP contribution < -0.4 is 0 Å². The maximum absolute atomic E-state index is 12.5. The molecule has 1 aromatic rings. The Bertz CT molecular complexity index is 568. The first kappa shape index (κ1) is 15.1. The van der Waals surface area contributed by atoms with Crippen LogP contribution in [0.2, 0.25) is 0 Å². The van der Waals surface area contributed by atoms with E-state index in [9.17, 15) is 19.8 Å². The van der Waals surface area contributed by atoms with Gasteiger partial charge in [0.1, 0.15) is 6.04 Å². The number of aliphatic hydroxyl groups excluding tert-OH is 2. The first-order valence-corrected chi connectivity index (χ1v) is 7.02. The van der Waals surface area contributed by atoms with Gasteiger partial charge in [-0.2, -0.15) is 0 Å². The standard InChI is InChI=1S/C15H17NO6/c1-21-15-12(11(18)6-8(7-17)22-15)16-13(19)9-4-2-3-5-10(9)14(16)20/h2-5,8,11-12,15,17-18H,6-7H2,1H3. The van der Waals surface area contributed by atoms with E-state index in [-0.39, 0.29) is 13.0 Å². The van der Waals surface area contributed by atoms with Crippen molar-refractivity contribution in [3.05, 3.63) is 35.4 Å². The van der Waals surface area contributed by atoms with Gasteiger partial charge in [0, 0.05) is 13.5 Å². The highest BCUT2D eigenvalue weighted by atomic mass is 16.7. The lowest BCUT2D eigenvalue weighted by atomic mass is 9.99. The maximum atomic E-state index is 12.5. The van der Waals surface area contributed by atoms with Crippen LogP contribution in [0.4, 0.5) is 0 Å². The molecule has 0 aliphatic carbocycles. The Balaban J connectivity index is 1.94. The molecule has 2 N–H and O–H groups in total. The number of amides is 2. The molecule has 2 heterocycles. The van der Waals surface area contributed by atoms with Gasteiger partial charge < -0.3 is 19.7 Å². The van der Waals surface area contributed by atoms with Gasteiger partial charge in [-0.05, 0) is 12.1 Å². The van der Waals surface area contributed by atoms with Crippen molar-refractivity contribution in [1.82, 2.24) is 4.90 Å². The van der Waals surface area contributed by atoms with Gasteiger partial charge in [0.25, 0.3) is 11.8 Å². The van der Waals surface area contributed by atoms with Crippen LogP contribution in [0, 0.1) is 0 Å². The SMILES string of the molecule is COC1OC(CO)CC(O)C1N1C(=O)c2ccccc2C1=O. The minimum absolute atomic E-state index is 0.119. The van der Waals surface area contributed by atoms with Crippen LogP contribution in [0.25, 0.3) is 0 Å². The van der Waals surface area contributed by atoms with E-state index >= 15 is 0 Å². The molecule has 2 amide bonds. The van der Waals surface area contributed by atoms with Gasteiger partial charge in [-0.3, -0.25) is 14.5 Å². The molecule has 2 aliphatic heterocycles. The van der Waals surface area contributed by atoms with Crippen LogP contribution in [0.3, 0.4) is 0 Å². The Kier molecular flexibility index (Phi) is 3.96. The Morgan fingerprint density at radius 1 is 1.27 bits per heavy atom. The molecule has 118 valence electrons. The summed E-state index contributed by atoms with van der Waals surface area (Å²) >= 11 is 0. The molecule has 0 spiro atoms. The number of benzene rings is 1. The minimum Gasteiger partial charge on any atom is -0.394 e. The third-order valence-electron chi connectivity index (χ3n) is 4.06. The zero-order chi connectivity index (χ0) is 15.9. The Morgan fingerprint density at radius 2 is 1.86 bits per heavy atom. The molecule has 0 bridgehead atoms. The summed E-state index contributed by atoms with van der Waals surface area (Å²) in [6, 6.07) is 5.56. The van der Waals surface area contributed by atoms with E-state index in [0.29, 0.717) is 11.1 Å². The van der Waals surface area contributed by atoms with Gasteiger partial charge in [-0.1, -0.05) is 12.1 Å². The molecule has 4 atom stereocenters. The second-order valence-electron chi connectivity index (χ2n) is 5.36. The predicted octanol–water partition coefficient (Wildman–Crippen LogP) is -0.234. The van der Waals surface area contributed by atoms with E-state index in [1.54, 1.807) is 24.3 Å². The summed E-state index contributed by atoms with van der Waals surface area (Å²) in [4.78, 5) is 26.0. The lowest BCUT2D eigenvalue weighted by molar-refractivity contribution is -0.237. The Morgan fingerprint density at radius 3 is 2.36 bits per heavy atom. The Labute approximate surface area is 127 Å². The number of nitrogens with zero attached hydrogens (tertiary/aromatic N) is 1. The largest absolute Gasteiger partial charge is 0.394 e. The van der Waals surface area contributed by atoms with E-state index in [1.165, 1.54) is 7.11 Å². The van der Waals surface area contributed by atoms with Crippen molar-refractivity contribution in [2.45, 2.75) is 31.0 Å². The van der Waals surface area contributed by atoms with Crippen LogP contribution in [-0.4, -0.2) is 65.2 Å². The number of imide groups is 1. The highest BCUT2D eigenvalue weighted by Gasteiger charge is 2.49. The van der Waals surface area contributed by atoms with Crippen LogP contribution in [0.5, 0.6) is 0 Å². The van der Waals surface area contributed by atoms with E-state index in [2.05, 4.69) is 0 Å². The maximum Gasteiger partial charge on any atom is 0.262 e. The summed E-state index contributed by atoms with van der Waals surface area (Å²) in [6.07, 6.45) is -2.48. The highest BCUT2D eigenvalue weighted by Crippen LogP contribution is 2.31. The van der Waals surface area contributed by atoms with Crippen molar-refractivity contribution in [1.29, 1.82) is 0 Å². The fraction of sp³-hybridized carbons (Fsp3) is 0.467. The van der Waals surface area contributed by atoms with Gasteiger partial charge in [0.15, 0.2) is 6.29 Å².